The number of carboxylic acid groups (broad SMARTS) is 1. The van der Waals surface area contributed by atoms with Crippen LogP contribution in [0.2, 0.25) is 0 Å². The summed E-state index contributed by atoms with van der Waals surface area (Å²) < 4.78 is 0. The van der Waals surface area contributed by atoms with Crippen molar-refractivity contribution in [1.82, 2.24) is 5.32 Å². The van der Waals surface area contributed by atoms with Crippen LogP contribution in [0.5, 0.6) is 0 Å². The molecule has 2 rings (SSSR count). The number of hydrogen-bond donors (Lipinski definition) is 2. The molecule has 1 atom stereocenters. The molecule has 0 aromatic rings. The van der Waals surface area contributed by atoms with Crippen molar-refractivity contribution >= 4 is 5.97 Å². The number of hydrogen-bond acceptors (Lipinski definition) is 2. The molecule has 0 aromatic carbocycles. The van der Waals surface area contributed by atoms with Crippen molar-refractivity contribution in [3.63, 3.8) is 0 Å². The highest BCUT2D eigenvalue weighted by Gasteiger charge is 2.48. The minimum atomic E-state index is -0.628. The van der Waals surface area contributed by atoms with Gasteiger partial charge in [0.15, 0.2) is 0 Å². The van der Waals surface area contributed by atoms with E-state index in [1.165, 1.54) is 6.42 Å². The Labute approximate surface area is 78.5 Å². The molecule has 74 valence electrons. The van der Waals surface area contributed by atoms with Gasteiger partial charge in [0, 0.05) is 0 Å². The van der Waals surface area contributed by atoms with Gasteiger partial charge in [0.05, 0.1) is 0 Å². The molecule has 1 saturated heterocycles. The monoisotopic (exact) mass is 183 g/mol. The van der Waals surface area contributed by atoms with E-state index in [1.807, 2.05) is 0 Å². The maximum absolute atomic E-state index is 11.2. The van der Waals surface area contributed by atoms with E-state index in [4.69, 9.17) is 0 Å². The fourth-order valence-electron chi connectivity index (χ4n) is 2.54. The van der Waals surface area contributed by atoms with Crippen LogP contribution in [0.15, 0.2) is 0 Å². The highest BCUT2D eigenvalue weighted by atomic mass is 16.4. The molecule has 1 aliphatic carbocycles. The zero-order chi connectivity index (χ0) is 9.31. The van der Waals surface area contributed by atoms with Crippen molar-refractivity contribution in [2.45, 2.75) is 44.1 Å². The second-order valence-electron chi connectivity index (χ2n) is 4.29. The molecular formula is C10H17NO2. The summed E-state index contributed by atoms with van der Waals surface area (Å²) in [4.78, 5) is 11.2. The molecule has 1 heterocycles. The van der Waals surface area contributed by atoms with E-state index >= 15 is 0 Å². The van der Waals surface area contributed by atoms with Gasteiger partial charge in [-0.1, -0.05) is 6.42 Å². The molecule has 0 bridgehead atoms. The molecule has 1 saturated carbocycles. The zero-order valence-corrected chi connectivity index (χ0v) is 7.88. The van der Waals surface area contributed by atoms with Crippen LogP contribution in [0, 0.1) is 5.92 Å². The largest absolute Gasteiger partial charge is 0.480 e. The molecule has 3 heteroatoms. The molecular weight excluding hydrogens is 166 g/mol. The molecule has 0 spiro atoms. The van der Waals surface area contributed by atoms with Gasteiger partial charge in [0.2, 0.25) is 0 Å². The van der Waals surface area contributed by atoms with Crippen molar-refractivity contribution in [3.05, 3.63) is 0 Å². The van der Waals surface area contributed by atoms with Crippen LogP contribution in [0.1, 0.15) is 38.5 Å². The molecule has 2 aliphatic rings. The third kappa shape index (κ3) is 1.35. The molecule has 1 aliphatic heterocycles. The number of aliphatic carboxylic acids is 1. The Kier molecular flexibility index (Phi) is 2.28. The number of carbonyl (C=O) groups is 1. The van der Waals surface area contributed by atoms with Gasteiger partial charge < -0.3 is 10.4 Å². The summed E-state index contributed by atoms with van der Waals surface area (Å²) in [6, 6.07) is 0. The van der Waals surface area contributed by atoms with E-state index in [0.29, 0.717) is 5.92 Å². The lowest BCUT2D eigenvalue weighted by atomic mass is 9.67. The van der Waals surface area contributed by atoms with Gasteiger partial charge >= 0.3 is 5.97 Å². The topological polar surface area (TPSA) is 49.3 Å². The summed E-state index contributed by atoms with van der Waals surface area (Å²) in [6.45, 7) is 0.878. The van der Waals surface area contributed by atoms with Crippen molar-refractivity contribution in [1.29, 1.82) is 0 Å². The molecule has 2 fully saturated rings. The number of nitrogens with one attached hydrogen (secondary N) is 1. The number of rotatable bonds is 2. The first-order chi connectivity index (χ1) is 6.26. The minimum Gasteiger partial charge on any atom is -0.480 e. The summed E-state index contributed by atoms with van der Waals surface area (Å²) in [5, 5.41) is 12.5. The van der Waals surface area contributed by atoms with Crippen LogP contribution in [0.4, 0.5) is 0 Å². The third-order valence-electron chi connectivity index (χ3n) is 3.62. The lowest BCUT2D eigenvalue weighted by Gasteiger charge is -2.45. The summed E-state index contributed by atoms with van der Waals surface area (Å²) >= 11 is 0. The normalized spacial score (nSPS) is 35.4. The molecule has 3 nitrogen and oxygen atoms in total. The summed E-state index contributed by atoms with van der Waals surface area (Å²) in [5.74, 6) is -0.234. The van der Waals surface area contributed by atoms with Crippen LogP contribution in [-0.2, 0) is 4.79 Å². The van der Waals surface area contributed by atoms with Crippen molar-refractivity contribution < 1.29 is 9.90 Å². The standard InChI is InChI=1S/C10H17NO2/c12-9(13)10(8-4-3-5-8)6-1-2-7-11-10/h8,11H,1-7H2,(H,12,13). The maximum Gasteiger partial charge on any atom is 0.324 e. The lowest BCUT2D eigenvalue weighted by Crippen LogP contribution is -2.61. The second-order valence-corrected chi connectivity index (χ2v) is 4.29. The summed E-state index contributed by atoms with van der Waals surface area (Å²) in [5.41, 5.74) is -0.559. The molecule has 1 unspecified atom stereocenters. The smallest absolute Gasteiger partial charge is 0.324 e. The van der Waals surface area contributed by atoms with Gasteiger partial charge in [-0.3, -0.25) is 4.79 Å². The van der Waals surface area contributed by atoms with Crippen molar-refractivity contribution in [2.75, 3.05) is 6.54 Å². The van der Waals surface area contributed by atoms with E-state index in [-0.39, 0.29) is 0 Å². The molecule has 0 radical (unpaired) electrons. The van der Waals surface area contributed by atoms with Gasteiger partial charge in [-0.15, -0.1) is 0 Å². The van der Waals surface area contributed by atoms with E-state index in [2.05, 4.69) is 5.32 Å². The minimum absolute atomic E-state index is 0.394. The Hall–Kier alpha value is -0.570. The molecule has 0 aromatic heterocycles. The van der Waals surface area contributed by atoms with Gasteiger partial charge in [-0.25, -0.2) is 0 Å². The summed E-state index contributed by atoms with van der Waals surface area (Å²) in [6.07, 6.45) is 6.42. The highest BCUT2D eigenvalue weighted by molar-refractivity contribution is 5.79. The Morgan fingerprint density at radius 2 is 2.08 bits per heavy atom. The fourth-order valence-corrected chi connectivity index (χ4v) is 2.54. The summed E-state index contributed by atoms with van der Waals surface area (Å²) in [7, 11) is 0. The third-order valence-corrected chi connectivity index (χ3v) is 3.62. The Morgan fingerprint density at radius 3 is 2.46 bits per heavy atom. The Balaban J connectivity index is 2.12. The first kappa shape index (κ1) is 9.00. The van der Waals surface area contributed by atoms with Crippen LogP contribution in [0.25, 0.3) is 0 Å². The second kappa shape index (κ2) is 3.29. The zero-order valence-electron chi connectivity index (χ0n) is 7.88. The van der Waals surface area contributed by atoms with Gasteiger partial charge in [-0.05, 0) is 44.6 Å². The van der Waals surface area contributed by atoms with Gasteiger partial charge in [-0.2, -0.15) is 0 Å². The molecule has 0 amide bonds. The predicted molar refractivity (Wildman–Crippen MR) is 49.6 cm³/mol. The molecule has 13 heavy (non-hydrogen) atoms. The molecule has 2 N–H and O–H groups in total. The Morgan fingerprint density at radius 1 is 1.31 bits per heavy atom. The first-order valence-corrected chi connectivity index (χ1v) is 5.24. The highest BCUT2D eigenvalue weighted by Crippen LogP contribution is 2.40. The van der Waals surface area contributed by atoms with E-state index < -0.39 is 11.5 Å². The SMILES string of the molecule is O=C(O)C1(C2CCC2)CCCCN1. The maximum atomic E-state index is 11.2. The Bertz CT molecular complexity index is 205. The quantitative estimate of drug-likeness (QED) is 0.680. The first-order valence-electron chi connectivity index (χ1n) is 5.24. The van der Waals surface area contributed by atoms with Crippen molar-refractivity contribution in [2.24, 2.45) is 5.92 Å². The van der Waals surface area contributed by atoms with Gasteiger partial charge in [0.1, 0.15) is 5.54 Å². The average Bonchev–Trinajstić information content (AvgIpc) is 2.02. The van der Waals surface area contributed by atoms with Gasteiger partial charge in [0.25, 0.3) is 0 Å². The predicted octanol–water partition coefficient (Wildman–Crippen LogP) is 1.38. The van der Waals surface area contributed by atoms with Crippen LogP contribution >= 0.6 is 0 Å². The van der Waals surface area contributed by atoms with E-state index in [9.17, 15) is 9.90 Å². The van der Waals surface area contributed by atoms with Crippen molar-refractivity contribution in [3.8, 4) is 0 Å². The fraction of sp³-hybridized carbons (Fsp3) is 0.900. The number of carboxylic acids is 1. The lowest BCUT2D eigenvalue weighted by molar-refractivity contribution is -0.150. The van der Waals surface area contributed by atoms with Crippen LogP contribution in [-0.4, -0.2) is 23.2 Å². The van der Waals surface area contributed by atoms with Crippen LogP contribution in [0.3, 0.4) is 0 Å². The number of piperidine rings is 1. The average molecular weight is 183 g/mol. The van der Waals surface area contributed by atoms with E-state index in [0.717, 1.165) is 38.6 Å². The van der Waals surface area contributed by atoms with E-state index in [1.54, 1.807) is 0 Å². The van der Waals surface area contributed by atoms with Crippen LogP contribution < -0.4 is 5.32 Å².